The highest BCUT2D eigenvalue weighted by atomic mass is 32.2. The van der Waals surface area contributed by atoms with E-state index in [1.54, 1.807) is 0 Å². The molecule has 0 atom stereocenters. The SMILES string of the molecule is CCCS(=O)(=O)Cc1nc(C(C)C)c(CC#N)s1. The molecule has 0 N–H and O–H groups in total. The highest BCUT2D eigenvalue weighted by molar-refractivity contribution is 7.90. The van der Waals surface area contributed by atoms with Crippen LogP contribution in [0.5, 0.6) is 0 Å². The Morgan fingerprint density at radius 1 is 1.44 bits per heavy atom. The number of hydrogen-bond acceptors (Lipinski definition) is 5. The van der Waals surface area contributed by atoms with Crippen molar-refractivity contribution in [1.82, 2.24) is 4.98 Å². The number of rotatable bonds is 6. The summed E-state index contributed by atoms with van der Waals surface area (Å²) in [6.45, 7) is 5.85. The third-order valence-electron chi connectivity index (χ3n) is 2.42. The predicted octanol–water partition coefficient (Wildman–Crippen LogP) is 2.66. The van der Waals surface area contributed by atoms with Crippen molar-refractivity contribution in [1.29, 1.82) is 5.26 Å². The number of nitriles is 1. The molecule has 18 heavy (non-hydrogen) atoms. The second-order valence-electron chi connectivity index (χ2n) is 4.50. The van der Waals surface area contributed by atoms with Crippen LogP contribution in [0.25, 0.3) is 0 Å². The van der Waals surface area contributed by atoms with Gasteiger partial charge in [0.1, 0.15) is 10.8 Å². The van der Waals surface area contributed by atoms with Gasteiger partial charge in [0, 0.05) is 4.88 Å². The molecule has 1 aromatic rings. The summed E-state index contributed by atoms with van der Waals surface area (Å²) in [7, 11) is -3.06. The van der Waals surface area contributed by atoms with Gasteiger partial charge in [-0.1, -0.05) is 20.8 Å². The average molecular weight is 286 g/mol. The largest absolute Gasteiger partial charge is 0.245 e. The highest BCUT2D eigenvalue weighted by Gasteiger charge is 2.18. The maximum Gasteiger partial charge on any atom is 0.156 e. The van der Waals surface area contributed by atoms with Crippen molar-refractivity contribution in [3.63, 3.8) is 0 Å². The minimum atomic E-state index is -3.06. The van der Waals surface area contributed by atoms with Gasteiger partial charge in [-0.15, -0.1) is 11.3 Å². The Kier molecular flexibility index (Phi) is 5.29. The van der Waals surface area contributed by atoms with Crippen molar-refractivity contribution in [2.45, 2.75) is 45.3 Å². The van der Waals surface area contributed by atoms with Crippen molar-refractivity contribution in [2.24, 2.45) is 0 Å². The summed E-state index contributed by atoms with van der Waals surface area (Å²) in [5.41, 5.74) is 0.864. The lowest BCUT2D eigenvalue weighted by Gasteiger charge is -2.01. The van der Waals surface area contributed by atoms with Gasteiger partial charge in [0.2, 0.25) is 0 Å². The molecule has 100 valence electrons. The summed E-state index contributed by atoms with van der Waals surface area (Å²) < 4.78 is 23.5. The van der Waals surface area contributed by atoms with Gasteiger partial charge in [-0.25, -0.2) is 13.4 Å². The van der Waals surface area contributed by atoms with Gasteiger partial charge in [0.25, 0.3) is 0 Å². The van der Waals surface area contributed by atoms with Crippen LogP contribution in [0.1, 0.15) is 48.7 Å². The first-order valence-electron chi connectivity index (χ1n) is 5.95. The first kappa shape index (κ1) is 15.1. The fourth-order valence-electron chi connectivity index (χ4n) is 1.70. The average Bonchev–Trinajstić information content (AvgIpc) is 2.60. The molecule has 0 bridgehead atoms. The maximum atomic E-state index is 11.7. The third kappa shape index (κ3) is 4.07. The fourth-order valence-corrected chi connectivity index (χ4v) is 4.63. The molecule has 0 amide bonds. The summed E-state index contributed by atoms with van der Waals surface area (Å²) in [4.78, 5) is 5.28. The van der Waals surface area contributed by atoms with Crippen molar-refractivity contribution >= 4 is 21.2 Å². The van der Waals surface area contributed by atoms with Crippen LogP contribution >= 0.6 is 11.3 Å². The maximum absolute atomic E-state index is 11.7. The Hall–Kier alpha value is -0.930. The van der Waals surface area contributed by atoms with E-state index in [0.717, 1.165) is 10.6 Å². The van der Waals surface area contributed by atoms with Crippen molar-refractivity contribution in [3.05, 3.63) is 15.6 Å². The topological polar surface area (TPSA) is 70.8 Å². The zero-order valence-electron chi connectivity index (χ0n) is 10.9. The van der Waals surface area contributed by atoms with E-state index in [2.05, 4.69) is 11.1 Å². The first-order chi connectivity index (χ1) is 8.39. The van der Waals surface area contributed by atoms with Crippen molar-refractivity contribution in [3.8, 4) is 6.07 Å². The predicted molar refractivity (Wildman–Crippen MR) is 73.3 cm³/mol. The van der Waals surface area contributed by atoms with E-state index in [1.807, 2.05) is 20.8 Å². The molecule has 0 spiro atoms. The molecule has 6 heteroatoms. The van der Waals surface area contributed by atoms with Gasteiger partial charge in [0.05, 0.1) is 23.9 Å². The molecule has 1 heterocycles. The first-order valence-corrected chi connectivity index (χ1v) is 8.59. The van der Waals surface area contributed by atoms with Crippen LogP contribution in [0, 0.1) is 11.3 Å². The molecule has 1 rings (SSSR count). The van der Waals surface area contributed by atoms with E-state index in [4.69, 9.17) is 5.26 Å². The van der Waals surface area contributed by atoms with Gasteiger partial charge >= 0.3 is 0 Å². The zero-order valence-corrected chi connectivity index (χ0v) is 12.6. The molecule has 0 aliphatic rings. The molecule has 0 saturated heterocycles. The summed E-state index contributed by atoms with van der Waals surface area (Å²) in [5.74, 6) is 0.403. The van der Waals surface area contributed by atoms with E-state index in [9.17, 15) is 8.42 Å². The molecule has 0 saturated carbocycles. The van der Waals surface area contributed by atoms with Gasteiger partial charge in [-0.05, 0) is 12.3 Å². The fraction of sp³-hybridized carbons (Fsp3) is 0.667. The number of thiazole rings is 1. The van der Waals surface area contributed by atoms with E-state index < -0.39 is 9.84 Å². The lowest BCUT2D eigenvalue weighted by molar-refractivity contribution is 0.593. The molecule has 0 aliphatic heterocycles. The van der Waals surface area contributed by atoms with Crippen LogP contribution in [-0.4, -0.2) is 19.2 Å². The molecular weight excluding hydrogens is 268 g/mol. The molecule has 0 aromatic carbocycles. The van der Waals surface area contributed by atoms with Gasteiger partial charge in [0.15, 0.2) is 9.84 Å². The number of hydrogen-bond donors (Lipinski definition) is 0. The number of aromatic nitrogens is 1. The Balaban J connectivity index is 2.99. The standard InChI is InChI=1S/C12H18N2O2S2/c1-4-7-18(15,16)8-11-14-12(9(2)3)10(17-11)5-6-13/h9H,4-5,7-8H2,1-3H3. The number of sulfone groups is 1. The summed E-state index contributed by atoms with van der Waals surface area (Å²) in [6, 6.07) is 2.10. The van der Waals surface area contributed by atoms with E-state index >= 15 is 0 Å². The van der Waals surface area contributed by atoms with E-state index in [0.29, 0.717) is 17.8 Å². The third-order valence-corrected chi connectivity index (χ3v) is 5.41. The molecule has 0 fully saturated rings. The molecule has 4 nitrogen and oxygen atoms in total. The molecule has 1 aromatic heterocycles. The van der Waals surface area contributed by atoms with Crippen LogP contribution in [-0.2, 0) is 22.0 Å². The van der Waals surface area contributed by atoms with Gasteiger partial charge in [-0.2, -0.15) is 5.26 Å². The number of nitrogens with zero attached hydrogens (tertiary/aromatic N) is 2. The quantitative estimate of drug-likeness (QED) is 0.806. The molecular formula is C12H18N2O2S2. The Bertz CT molecular complexity index is 539. The zero-order chi connectivity index (χ0) is 13.8. The van der Waals surface area contributed by atoms with Crippen LogP contribution in [0.4, 0.5) is 0 Å². The Morgan fingerprint density at radius 3 is 2.61 bits per heavy atom. The van der Waals surface area contributed by atoms with Gasteiger partial charge < -0.3 is 0 Å². The lowest BCUT2D eigenvalue weighted by Crippen LogP contribution is -2.08. The minimum Gasteiger partial charge on any atom is -0.245 e. The lowest BCUT2D eigenvalue weighted by atomic mass is 10.1. The highest BCUT2D eigenvalue weighted by Crippen LogP contribution is 2.26. The van der Waals surface area contributed by atoms with Crippen molar-refractivity contribution < 1.29 is 8.42 Å². The van der Waals surface area contributed by atoms with Crippen LogP contribution < -0.4 is 0 Å². The normalized spacial score (nSPS) is 11.7. The van der Waals surface area contributed by atoms with E-state index in [1.165, 1.54) is 11.3 Å². The minimum absolute atomic E-state index is 0.00332. The summed E-state index contributed by atoms with van der Waals surface area (Å²) >= 11 is 1.35. The second kappa shape index (κ2) is 6.30. The van der Waals surface area contributed by atoms with Crippen LogP contribution in [0.3, 0.4) is 0 Å². The van der Waals surface area contributed by atoms with Gasteiger partial charge in [-0.3, -0.25) is 0 Å². The Morgan fingerprint density at radius 2 is 2.11 bits per heavy atom. The summed E-state index contributed by atoms with van der Waals surface area (Å²) in [5, 5.41) is 9.37. The monoisotopic (exact) mass is 286 g/mol. The second-order valence-corrected chi connectivity index (χ2v) is 7.85. The van der Waals surface area contributed by atoms with Crippen LogP contribution in [0.15, 0.2) is 0 Å². The Labute approximate surface area is 113 Å². The molecule has 0 aliphatic carbocycles. The smallest absolute Gasteiger partial charge is 0.156 e. The summed E-state index contributed by atoms with van der Waals surface area (Å²) in [6.07, 6.45) is 0.925. The van der Waals surface area contributed by atoms with Crippen molar-refractivity contribution in [2.75, 3.05) is 5.75 Å². The molecule has 0 unspecified atom stereocenters. The van der Waals surface area contributed by atoms with E-state index in [-0.39, 0.29) is 17.4 Å². The van der Waals surface area contributed by atoms with Crippen LogP contribution in [0.2, 0.25) is 0 Å². The molecule has 0 radical (unpaired) electrons.